The van der Waals surface area contributed by atoms with Crippen molar-refractivity contribution < 1.29 is 4.74 Å². The van der Waals surface area contributed by atoms with Crippen LogP contribution in [0.3, 0.4) is 0 Å². The summed E-state index contributed by atoms with van der Waals surface area (Å²) in [6.07, 6.45) is 6.80. The molecule has 3 heterocycles. The second kappa shape index (κ2) is 1.39. The van der Waals surface area contributed by atoms with Crippen LogP contribution >= 0.6 is 0 Å². The molecule has 0 saturated carbocycles. The van der Waals surface area contributed by atoms with Gasteiger partial charge in [-0.2, -0.15) is 0 Å². The van der Waals surface area contributed by atoms with Gasteiger partial charge in [0.25, 0.3) is 0 Å². The van der Waals surface area contributed by atoms with Gasteiger partial charge in [-0.25, -0.2) is 0 Å². The van der Waals surface area contributed by atoms with Crippen LogP contribution in [0, 0.1) is 0 Å². The molecule has 0 spiro atoms. The Morgan fingerprint density at radius 3 is 3.60 bits per heavy atom. The molecule has 0 aromatic carbocycles. The van der Waals surface area contributed by atoms with Crippen LogP contribution in [-0.2, 0) is 4.74 Å². The van der Waals surface area contributed by atoms with Gasteiger partial charge in [-0.15, -0.1) is 0 Å². The summed E-state index contributed by atoms with van der Waals surface area (Å²) in [6, 6.07) is 0.666. The monoisotopic (exact) mass is 135 g/mol. The van der Waals surface area contributed by atoms with Crippen LogP contribution < -0.4 is 5.32 Å². The van der Waals surface area contributed by atoms with Gasteiger partial charge in [-0.05, 0) is 18.1 Å². The molecule has 0 aromatic rings. The van der Waals surface area contributed by atoms with E-state index in [-0.39, 0.29) is 0 Å². The molecule has 52 valence electrons. The van der Waals surface area contributed by atoms with E-state index in [0.717, 1.165) is 12.8 Å². The minimum absolute atomic E-state index is 0.358. The number of hydrogen-bond donors (Lipinski definition) is 1. The second-order valence-corrected chi connectivity index (χ2v) is 3.20. The van der Waals surface area contributed by atoms with E-state index in [1.165, 1.54) is 11.3 Å². The summed E-state index contributed by atoms with van der Waals surface area (Å²) >= 11 is 0. The average molecular weight is 135 g/mol. The quantitative estimate of drug-likeness (QED) is 0.533. The lowest BCUT2D eigenvalue weighted by atomic mass is 10.1. The molecule has 1 N–H and O–H groups in total. The molecular weight excluding hydrogens is 126 g/mol. The first-order valence-electron chi connectivity index (χ1n) is 3.74. The summed E-state index contributed by atoms with van der Waals surface area (Å²) in [6.45, 7) is 0. The zero-order valence-corrected chi connectivity index (χ0v) is 5.63. The minimum Gasteiger partial charge on any atom is -0.491 e. The molecule has 3 bridgehead atoms. The van der Waals surface area contributed by atoms with Crippen LogP contribution in [0.1, 0.15) is 12.8 Å². The number of ether oxygens (including phenoxy) is 1. The third kappa shape index (κ3) is 0.451. The standard InChI is InChI=1S/C8H9NO/c1-5-2-7-8(10-4-5)3-6(1)9-7/h2,4,6,8-9H,1,3H2. The molecule has 1 saturated heterocycles. The lowest BCUT2D eigenvalue weighted by molar-refractivity contribution is 0.179. The molecule has 1 fully saturated rings. The zero-order chi connectivity index (χ0) is 6.55. The van der Waals surface area contributed by atoms with Crippen LogP contribution in [0.15, 0.2) is 23.6 Å². The van der Waals surface area contributed by atoms with Crippen LogP contribution in [0.2, 0.25) is 0 Å². The Hall–Kier alpha value is -0.920. The molecule has 10 heavy (non-hydrogen) atoms. The molecule has 3 rings (SSSR count). The van der Waals surface area contributed by atoms with Gasteiger partial charge in [-0.3, -0.25) is 0 Å². The summed E-state index contributed by atoms with van der Waals surface area (Å²) in [7, 11) is 0. The van der Waals surface area contributed by atoms with Gasteiger partial charge in [0.1, 0.15) is 6.10 Å². The van der Waals surface area contributed by atoms with E-state index in [9.17, 15) is 0 Å². The van der Waals surface area contributed by atoms with Crippen molar-refractivity contribution in [2.45, 2.75) is 25.0 Å². The number of hydrogen-bond acceptors (Lipinski definition) is 2. The van der Waals surface area contributed by atoms with Crippen molar-refractivity contribution in [3.8, 4) is 0 Å². The molecule has 3 aliphatic rings. The summed E-state index contributed by atoms with van der Waals surface area (Å²) in [5, 5.41) is 3.42. The van der Waals surface area contributed by atoms with E-state index >= 15 is 0 Å². The van der Waals surface area contributed by atoms with Crippen molar-refractivity contribution >= 4 is 0 Å². The Labute approximate surface area is 59.6 Å². The summed E-state index contributed by atoms with van der Waals surface area (Å²) < 4.78 is 5.46. The maximum Gasteiger partial charge on any atom is 0.139 e. The Balaban J connectivity index is 2.18. The smallest absolute Gasteiger partial charge is 0.139 e. The first-order valence-corrected chi connectivity index (χ1v) is 3.74. The van der Waals surface area contributed by atoms with Crippen LogP contribution in [0.4, 0.5) is 0 Å². The fourth-order valence-electron chi connectivity index (χ4n) is 1.97. The fourth-order valence-corrected chi connectivity index (χ4v) is 1.97. The van der Waals surface area contributed by atoms with Crippen molar-refractivity contribution in [3.63, 3.8) is 0 Å². The van der Waals surface area contributed by atoms with E-state index in [2.05, 4.69) is 11.4 Å². The predicted molar refractivity (Wildman–Crippen MR) is 37.2 cm³/mol. The van der Waals surface area contributed by atoms with Gasteiger partial charge < -0.3 is 10.1 Å². The normalized spacial score (nSPS) is 40.0. The largest absolute Gasteiger partial charge is 0.491 e. The molecule has 0 aliphatic carbocycles. The topological polar surface area (TPSA) is 21.3 Å². The molecular formula is C8H9NO. The highest BCUT2D eigenvalue weighted by molar-refractivity contribution is 5.35. The summed E-state index contributed by atoms with van der Waals surface area (Å²) in [5.41, 5.74) is 2.65. The molecule has 3 aliphatic heterocycles. The van der Waals surface area contributed by atoms with Crippen molar-refractivity contribution in [1.82, 2.24) is 5.32 Å². The fraction of sp³-hybridized carbons (Fsp3) is 0.500. The third-order valence-electron chi connectivity index (χ3n) is 2.42. The Bertz CT molecular complexity index is 242. The lowest BCUT2D eigenvalue weighted by Crippen LogP contribution is -2.25. The van der Waals surface area contributed by atoms with E-state index < -0.39 is 0 Å². The maximum atomic E-state index is 5.46. The number of rotatable bonds is 0. The molecule has 2 nitrogen and oxygen atoms in total. The van der Waals surface area contributed by atoms with Crippen molar-refractivity contribution in [2.75, 3.05) is 0 Å². The molecule has 2 heteroatoms. The van der Waals surface area contributed by atoms with Crippen molar-refractivity contribution in [1.29, 1.82) is 0 Å². The zero-order valence-electron chi connectivity index (χ0n) is 5.63. The molecule has 0 aromatic heterocycles. The molecule has 0 radical (unpaired) electrons. The van der Waals surface area contributed by atoms with Crippen LogP contribution in [0.25, 0.3) is 0 Å². The minimum atomic E-state index is 0.358. The predicted octanol–water partition coefficient (Wildman–Crippen LogP) is 0.919. The van der Waals surface area contributed by atoms with E-state index in [1.807, 2.05) is 6.26 Å². The van der Waals surface area contributed by atoms with Gasteiger partial charge in [0.15, 0.2) is 0 Å². The molecule has 0 amide bonds. The van der Waals surface area contributed by atoms with Crippen molar-refractivity contribution in [3.05, 3.63) is 23.6 Å². The van der Waals surface area contributed by atoms with E-state index in [0.29, 0.717) is 12.1 Å². The Morgan fingerprint density at radius 1 is 1.60 bits per heavy atom. The highest BCUT2D eigenvalue weighted by Crippen LogP contribution is 2.34. The number of nitrogens with one attached hydrogen (secondary N) is 1. The van der Waals surface area contributed by atoms with E-state index in [1.54, 1.807) is 0 Å². The Kier molecular flexibility index (Phi) is 0.670. The van der Waals surface area contributed by atoms with Gasteiger partial charge in [-0.1, -0.05) is 0 Å². The molecule has 2 atom stereocenters. The summed E-state index contributed by atoms with van der Waals surface area (Å²) in [4.78, 5) is 0. The van der Waals surface area contributed by atoms with Crippen LogP contribution in [0.5, 0.6) is 0 Å². The highest BCUT2D eigenvalue weighted by atomic mass is 16.5. The lowest BCUT2D eigenvalue weighted by Gasteiger charge is -2.20. The second-order valence-electron chi connectivity index (χ2n) is 3.20. The van der Waals surface area contributed by atoms with E-state index in [4.69, 9.17) is 4.74 Å². The first kappa shape index (κ1) is 4.83. The van der Waals surface area contributed by atoms with Crippen molar-refractivity contribution in [2.24, 2.45) is 0 Å². The SMILES string of the molecule is C1=C2C=C3NC(C2)CC3O1. The van der Waals surface area contributed by atoms with Gasteiger partial charge >= 0.3 is 0 Å². The third-order valence-corrected chi connectivity index (χ3v) is 2.42. The number of allylic oxidation sites excluding steroid dienone is 1. The summed E-state index contributed by atoms with van der Waals surface area (Å²) in [5.74, 6) is 0. The average Bonchev–Trinajstić information content (AvgIpc) is 2.11. The Morgan fingerprint density at radius 2 is 2.60 bits per heavy atom. The van der Waals surface area contributed by atoms with Gasteiger partial charge in [0.05, 0.1) is 12.0 Å². The van der Waals surface area contributed by atoms with Crippen LogP contribution in [-0.4, -0.2) is 12.1 Å². The maximum absolute atomic E-state index is 5.46. The van der Waals surface area contributed by atoms with Gasteiger partial charge in [0.2, 0.25) is 0 Å². The van der Waals surface area contributed by atoms with Gasteiger partial charge in [0, 0.05) is 12.5 Å². The highest BCUT2D eigenvalue weighted by Gasteiger charge is 2.36. The molecule has 2 unspecified atom stereocenters. The number of fused-ring (bicyclic) bond motifs is 2. The first-order chi connectivity index (χ1) is 4.92.